The number of H-pyrrole nitrogens is 1. The molecule has 0 fully saturated rings. The van der Waals surface area contributed by atoms with Gasteiger partial charge in [0, 0.05) is 41.8 Å². The molecular formula is C20H20N4O3. The van der Waals surface area contributed by atoms with Crippen molar-refractivity contribution in [3.05, 3.63) is 76.1 Å². The van der Waals surface area contributed by atoms with Crippen LogP contribution in [0.25, 0.3) is 10.9 Å². The summed E-state index contributed by atoms with van der Waals surface area (Å²) in [5, 5.41) is 6.76. The molecule has 0 aliphatic carbocycles. The van der Waals surface area contributed by atoms with Gasteiger partial charge in [0.2, 0.25) is 5.91 Å². The van der Waals surface area contributed by atoms with Crippen LogP contribution < -0.4 is 21.9 Å². The molecule has 0 unspecified atom stereocenters. The standard InChI is InChI=1S/C20H20N4O3/c21-18(25)8-9-22-19(26)14-5-3-6-16(11-14)23-12-15-10-13-4-1-2-7-17(13)24-20(15)27/h1-7,10-11,23H,8-9,12H2,(H2,21,25)(H,22,26)(H,24,27). The van der Waals surface area contributed by atoms with E-state index in [1.54, 1.807) is 18.2 Å². The predicted octanol–water partition coefficient (Wildman–Crippen LogP) is 1.75. The molecule has 0 atom stereocenters. The number of fused-ring (bicyclic) bond motifs is 1. The average molecular weight is 364 g/mol. The smallest absolute Gasteiger partial charge is 0.253 e. The van der Waals surface area contributed by atoms with Crippen LogP contribution in [-0.2, 0) is 11.3 Å². The number of benzene rings is 2. The van der Waals surface area contributed by atoms with Gasteiger partial charge in [-0.05, 0) is 35.7 Å². The lowest BCUT2D eigenvalue weighted by Crippen LogP contribution is -2.27. The van der Waals surface area contributed by atoms with Crippen molar-refractivity contribution in [3.8, 4) is 0 Å². The third-order valence-electron chi connectivity index (χ3n) is 4.10. The van der Waals surface area contributed by atoms with E-state index in [1.807, 2.05) is 36.4 Å². The number of pyridine rings is 1. The summed E-state index contributed by atoms with van der Waals surface area (Å²) >= 11 is 0. The number of hydrogen-bond donors (Lipinski definition) is 4. The van der Waals surface area contributed by atoms with Gasteiger partial charge in [-0.2, -0.15) is 0 Å². The number of rotatable bonds is 7. The molecule has 0 aliphatic rings. The summed E-state index contributed by atoms with van der Waals surface area (Å²) in [6.07, 6.45) is 0.0917. The summed E-state index contributed by atoms with van der Waals surface area (Å²) in [5.74, 6) is -0.755. The van der Waals surface area contributed by atoms with E-state index in [1.165, 1.54) is 0 Å². The maximum absolute atomic E-state index is 12.2. The van der Waals surface area contributed by atoms with Crippen molar-refractivity contribution in [2.24, 2.45) is 5.73 Å². The van der Waals surface area contributed by atoms with Crippen molar-refractivity contribution < 1.29 is 9.59 Å². The SMILES string of the molecule is NC(=O)CCNC(=O)c1cccc(NCc2cc3ccccc3[nH]c2=O)c1. The molecule has 3 rings (SSSR count). The molecule has 7 heteroatoms. The topological polar surface area (TPSA) is 117 Å². The summed E-state index contributed by atoms with van der Waals surface area (Å²) in [6.45, 7) is 0.519. The number of aromatic nitrogens is 1. The van der Waals surface area contributed by atoms with Crippen LogP contribution in [0.1, 0.15) is 22.3 Å². The molecule has 2 amide bonds. The van der Waals surface area contributed by atoms with Crippen LogP contribution in [0.2, 0.25) is 0 Å². The fraction of sp³-hybridized carbons (Fsp3) is 0.150. The Morgan fingerprint density at radius 1 is 1.04 bits per heavy atom. The molecule has 1 aromatic heterocycles. The molecule has 2 aromatic carbocycles. The van der Waals surface area contributed by atoms with Gasteiger partial charge < -0.3 is 21.4 Å². The van der Waals surface area contributed by atoms with Crippen molar-refractivity contribution in [2.75, 3.05) is 11.9 Å². The Hall–Kier alpha value is -3.61. The highest BCUT2D eigenvalue weighted by Crippen LogP contribution is 2.14. The van der Waals surface area contributed by atoms with E-state index in [-0.39, 0.29) is 24.4 Å². The van der Waals surface area contributed by atoms with Crippen LogP contribution >= 0.6 is 0 Å². The molecule has 0 bridgehead atoms. The minimum atomic E-state index is -0.466. The highest BCUT2D eigenvalue weighted by Gasteiger charge is 2.07. The third kappa shape index (κ3) is 4.72. The second kappa shape index (κ2) is 8.18. The van der Waals surface area contributed by atoms with Gasteiger partial charge >= 0.3 is 0 Å². The van der Waals surface area contributed by atoms with Crippen LogP contribution in [0.5, 0.6) is 0 Å². The molecule has 0 spiro atoms. The zero-order valence-corrected chi connectivity index (χ0v) is 14.6. The van der Waals surface area contributed by atoms with E-state index in [0.717, 1.165) is 10.9 Å². The summed E-state index contributed by atoms with van der Waals surface area (Å²) < 4.78 is 0. The maximum Gasteiger partial charge on any atom is 0.253 e. The lowest BCUT2D eigenvalue weighted by Gasteiger charge is -2.09. The molecule has 138 valence electrons. The fourth-order valence-corrected chi connectivity index (χ4v) is 2.69. The first kappa shape index (κ1) is 18.2. The number of primary amides is 1. The number of aromatic amines is 1. The average Bonchev–Trinajstić information content (AvgIpc) is 2.66. The Labute approximate surface area is 155 Å². The summed E-state index contributed by atoms with van der Waals surface area (Å²) in [5.41, 5.74) is 7.47. The van der Waals surface area contributed by atoms with Gasteiger partial charge in [0.15, 0.2) is 0 Å². The Balaban J connectivity index is 1.68. The number of para-hydroxylation sites is 1. The Morgan fingerprint density at radius 3 is 2.67 bits per heavy atom. The Bertz CT molecular complexity index is 1040. The van der Waals surface area contributed by atoms with Crippen molar-refractivity contribution >= 4 is 28.4 Å². The fourth-order valence-electron chi connectivity index (χ4n) is 2.69. The molecule has 3 aromatic rings. The number of carbonyl (C=O) groups excluding carboxylic acids is 2. The van der Waals surface area contributed by atoms with E-state index >= 15 is 0 Å². The maximum atomic E-state index is 12.2. The molecule has 27 heavy (non-hydrogen) atoms. The number of nitrogens with two attached hydrogens (primary N) is 1. The van der Waals surface area contributed by atoms with Crippen molar-refractivity contribution in [3.63, 3.8) is 0 Å². The summed E-state index contributed by atoms with van der Waals surface area (Å²) in [6, 6.07) is 16.4. The van der Waals surface area contributed by atoms with E-state index < -0.39 is 5.91 Å². The zero-order valence-electron chi connectivity index (χ0n) is 14.6. The Morgan fingerprint density at radius 2 is 1.85 bits per heavy atom. The van der Waals surface area contributed by atoms with Crippen molar-refractivity contribution in [1.82, 2.24) is 10.3 Å². The predicted molar refractivity (Wildman–Crippen MR) is 104 cm³/mol. The molecular weight excluding hydrogens is 344 g/mol. The quantitative estimate of drug-likeness (QED) is 0.511. The van der Waals surface area contributed by atoms with Crippen LogP contribution in [0.3, 0.4) is 0 Å². The molecule has 0 radical (unpaired) electrons. The van der Waals surface area contributed by atoms with Gasteiger partial charge in [0.1, 0.15) is 0 Å². The number of carbonyl (C=O) groups is 2. The highest BCUT2D eigenvalue weighted by atomic mass is 16.2. The second-order valence-electron chi connectivity index (χ2n) is 6.12. The molecule has 7 nitrogen and oxygen atoms in total. The van der Waals surface area contributed by atoms with Gasteiger partial charge in [-0.3, -0.25) is 14.4 Å². The highest BCUT2D eigenvalue weighted by molar-refractivity contribution is 5.95. The largest absolute Gasteiger partial charge is 0.381 e. The van der Waals surface area contributed by atoms with Gasteiger partial charge in [0.05, 0.1) is 0 Å². The van der Waals surface area contributed by atoms with Gasteiger partial charge in [0.25, 0.3) is 11.5 Å². The number of anilines is 1. The normalized spacial score (nSPS) is 10.5. The van der Waals surface area contributed by atoms with E-state index in [4.69, 9.17) is 5.73 Å². The van der Waals surface area contributed by atoms with Gasteiger partial charge in [-0.1, -0.05) is 24.3 Å². The van der Waals surface area contributed by atoms with Crippen LogP contribution in [-0.4, -0.2) is 23.3 Å². The van der Waals surface area contributed by atoms with Gasteiger partial charge in [-0.25, -0.2) is 0 Å². The molecule has 0 aliphatic heterocycles. The minimum Gasteiger partial charge on any atom is -0.381 e. The van der Waals surface area contributed by atoms with Crippen LogP contribution in [0.15, 0.2) is 59.4 Å². The van der Waals surface area contributed by atoms with Crippen molar-refractivity contribution in [2.45, 2.75) is 13.0 Å². The number of amides is 2. The zero-order chi connectivity index (χ0) is 19.2. The summed E-state index contributed by atoms with van der Waals surface area (Å²) in [4.78, 5) is 37.9. The Kier molecular flexibility index (Phi) is 5.51. The monoisotopic (exact) mass is 364 g/mol. The second-order valence-corrected chi connectivity index (χ2v) is 6.12. The lowest BCUT2D eigenvalue weighted by molar-refractivity contribution is -0.117. The molecule has 0 saturated carbocycles. The van der Waals surface area contributed by atoms with Crippen LogP contribution in [0, 0.1) is 0 Å². The lowest BCUT2D eigenvalue weighted by atomic mass is 10.1. The molecule has 5 N–H and O–H groups in total. The molecule has 1 heterocycles. The first-order valence-electron chi connectivity index (χ1n) is 8.54. The summed E-state index contributed by atoms with van der Waals surface area (Å²) in [7, 11) is 0. The first-order chi connectivity index (χ1) is 13.0. The van der Waals surface area contributed by atoms with E-state index in [9.17, 15) is 14.4 Å². The van der Waals surface area contributed by atoms with Crippen LogP contribution in [0.4, 0.5) is 5.69 Å². The van der Waals surface area contributed by atoms with E-state index in [0.29, 0.717) is 23.4 Å². The minimum absolute atomic E-state index is 0.0917. The van der Waals surface area contributed by atoms with Crippen molar-refractivity contribution in [1.29, 1.82) is 0 Å². The third-order valence-corrected chi connectivity index (χ3v) is 4.10. The van der Waals surface area contributed by atoms with Gasteiger partial charge in [-0.15, -0.1) is 0 Å². The first-order valence-corrected chi connectivity index (χ1v) is 8.54. The van der Waals surface area contributed by atoms with E-state index in [2.05, 4.69) is 15.6 Å². The molecule has 0 saturated heterocycles. The number of hydrogen-bond acceptors (Lipinski definition) is 4. The number of nitrogens with one attached hydrogen (secondary N) is 3.